The van der Waals surface area contributed by atoms with Gasteiger partial charge in [-0.1, -0.05) is 24.3 Å². The number of amides is 1. The Balaban J connectivity index is 1.74. The maximum atomic E-state index is 14.5. The lowest BCUT2D eigenvalue weighted by atomic mass is 9.47. The van der Waals surface area contributed by atoms with Crippen molar-refractivity contribution in [3.63, 3.8) is 0 Å². The topological polar surface area (TPSA) is 235 Å². The minimum atomic E-state index is -2.72. The molecule has 2 aromatic carbocycles. The highest BCUT2D eigenvalue weighted by Gasteiger charge is 2.74. The Kier molecular flexibility index (Phi) is 7.28. The first kappa shape index (κ1) is 31.3. The van der Waals surface area contributed by atoms with Crippen LogP contribution in [0, 0.1) is 16.7 Å². The Labute approximate surface area is 258 Å². The zero-order chi connectivity index (χ0) is 33.2. The number of nitriles is 1. The second-order valence-corrected chi connectivity index (χ2v) is 11.8. The van der Waals surface area contributed by atoms with Gasteiger partial charge in [-0.25, -0.2) is 0 Å². The SMILES string of the molecule is COc1ccc(/C=C/c2ccc(O)c3c2C[C@@]2(N)C[C@@]4(N)[C@H](N(C)C)C(=O)C(C(N)=O)=C(O)[C@@]4(C#N)C(=O)C2=C3O)cc1OC. The van der Waals surface area contributed by atoms with Crippen LogP contribution >= 0.6 is 0 Å². The number of fused-ring (bicyclic) bond motifs is 3. The van der Waals surface area contributed by atoms with Gasteiger partial charge in [0.2, 0.25) is 0 Å². The van der Waals surface area contributed by atoms with Crippen LogP contribution in [-0.2, 0) is 20.8 Å². The van der Waals surface area contributed by atoms with Crippen LogP contribution in [0.2, 0.25) is 0 Å². The number of rotatable bonds is 6. The van der Waals surface area contributed by atoms with Crippen molar-refractivity contribution in [3.05, 3.63) is 69.5 Å². The molecule has 5 rings (SSSR count). The van der Waals surface area contributed by atoms with E-state index in [1.165, 1.54) is 39.3 Å². The number of benzene rings is 2. The molecule has 0 aromatic heterocycles. The molecule has 0 bridgehead atoms. The first-order valence-corrected chi connectivity index (χ1v) is 13.8. The Morgan fingerprint density at radius 3 is 2.31 bits per heavy atom. The molecule has 2 aromatic rings. The van der Waals surface area contributed by atoms with Gasteiger partial charge in [0.15, 0.2) is 28.5 Å². The number of phenols is 1. The van der Waals surface area contributed by atoms with E-state index in [4.69, 9.17) is 26.7 Å². The molecular formula is C32H33N5O8. The summed E-state index contributed by atoms with van der Waals surface area (Å²) in [5, 5.41) is 44.3. The molecule has 3 aliphatic rings. The Hall–Kier alpha value is -5.16. The van der Waals surface area contributed by atoms with Crippen LogP contribution < -0.4 is 26.7 Å². The van der Waals surface area contributed by atoms with Gasteiger partial charge in [-0.15, -0.1) is 0 Å². The number of nitrogens with zero attached hydrogens (tertiary/aromatic N) is 2. The average Bonchev–Trinajstić information content (AvgIpc) is 2.95. The zero-order valence-electron chi connectivity index (χ0n) is 25.0. The van der Waals surface area contributed by atoms with Crippen LogP contribution in [0.4, 0.5) is 0 Å². The van der Waals surface area contributed by atoms with Crippen molar-refractivity contribution in [2.24, 2.45) is 22.6 Å². The van der Waals surface area contributed by atoms with Gasteiger partial charge in [0.05, 0.1) is 48.5 Å². The summed E-state index contributed by atoms with van der Waals surface area (Å²) in [6.07, 6.45) is 2.87. The van der Waals surface area contributed by atoms with Gasteiger partial charge in [-0.2, -0.15) is 5.26 Å². The third-order valence-corrected chi connectivity index (χ3v) is 9.03. The summed E-state index contributed by atoms with van der Waals surface area (Å²) in [5.41, 5.74) is 12.7. The predicted molar refractivity (Wildman–Crippen MR) is 163 cm³/mol. The van der Waals surface area contributed by atoms with Gasteiger partial charge in [-0.05, 0) is 61.8 Å². The van der Waals surface area contributed by atoms with Gasteiger partial charge < -0.3 is 42.0 Å². The Morgan fingerprint density at radius 2 is 1.73 bits per heavy atom. The summed E-state index contributed by atoms with van der Waals surface area (Å²) in [5.74, 6) is -4.77. The summed E-state index contributed by atoms with van der Waals surface area (Å²) in [6.45, 7) is 0. The molecule has 0 unspecified atom stereocenters. The number of carbonyl (C=O) groups excluding carboxylic acids is 3. The number of Topliss-reactive ketones (excluding diaryl/α,β-unsaturated/α-hetero) is 2. The standard InChI is InChI=1S/C32H33N5O8/c1-37(2)26-25(40)22(29(34)43)27(41)31(14-33)28(42)23-24(39)21-17(12-30(23,35)13-32(26,31)36)16(8-9-18(21)38)7-5-15-6-10-19(44-3)20(11-15)45-4/h5-11,26,38-39,41H,12-13,35-36H2,1-4H3,(H2,34,43)/b7-5+/t26-,30-,31+,32-/m1/s1. The Morgan fingerprint density at radius 1 is 1.07 bits per heavy atom. The number of aromatic hydroxyl groups is 1. The number of aliphatic hydroxyl groups is 2. The van der Waals surface area contributed by atoms with Crippen molar-refractivity contribution >= 4 is 35.4 Å². The van der Waals surface area contributed by atoms with Crippen molar-refractivity contribution in [3.8, 4) is 23.3 Å². The number of carbonyl (C=O) groups is 3. The smallest absolute Gasteiger partial charge is 0.255 e. The molecule has 0 radical (unpaired) electrons. The van der Waals surface area contributed by atoms with E-state index in [0.29, 0.717) is 22.6 Å². The Bertz CT molecular complexity index is 1820. The van der Waals surface area contributed by atoms with Crippen LogP contribution in [-0.4, -0.2) is 83.1 Å². The summed E-state index contributed by atoms with van der Waals surface area (Å²) in [7, 11) is 5.95. The minimum Gasteiger partial charge on any atom is -0.509 e. The van der Waals surface area contributed by atoms with Crippen molar-refractivity contribution < 1.29 is 39.2 Å². The second-order valence-electron chi connectivity index (χ2n) is 11.8. The summed E-state index contributed by atoms with van der Waals surface area (Å²) in [4.78, 5) is 41.7. The maximum absolute atomic E-state index is 14.5. The highest BCUT2D eigenvalue weighted by Crippen LogP contribution is 2.58. The normalized spacial score (nSPS) is 27.6. The number of ether oxygens (including phenoxy) is 2. The molecular weight excluding hydrogens is 582 g/mol. The fraction of sp³-hybridized carbons (Fsp3) is 0.312. The molecule has 0 spiro atoms. The molecule has 13 nitrogen and oxygen atoms in total. The van der Waals surface area contributed by atoms with Crippen molar-refractivity contribution in [1.29, 1.82) is 5.26 Å². The number of phenolic OH excluding ortho intramolecular Hbond substituents is 1. The van der Waals surface area contributed by atoms with Crippen LogP contribution in [0.25, 0.3) is 17.9 Å². The highest BCUT2D eigenvalue weighted by atomic mass is 16.5. The van der Waals surface area contributed by atoms with Crippen LogP contribution in [0.5, 0.6) is 17.2 Å². The molecule has 4 atom stereocenters. The van der Waals surface area contributed by atoms with Crippen LogP contribution in [0.15, 0.2) is 47.2 Å². The summed E-state index contributed by atoms with van der Waals surface area (Å²) >= 11 is 0. The highest BCUT2D eigenvalue weighted by molar-refractivity contribution is 6.25. The number of nitrogens with two attached hydrogens (primary N) is 3. The molecule has 0 heterocycles. The van der Waals surface area contributed by atoms with E-state index in [1.807, 2.05) is 0 Å². The van der Waals surface area contributed by atoms with Crippen molar-refractivity contribution in [2.45, 2.75) is 30.0 Å². The van der Waals surface area contributed by atoms with Gasteiger partial charge in [0.1, 0.15) is 22.8 Å². The number of likely N-dealkylation sites (N-methyl/N-ethyl adjacent to an activating group) is 1. The molecule has 45 heavy (non-hydrogen) atoms. The van der Waals surface area contributed by atoms with Gasteiger partial charge in [-0.3, -0.25) is 19.3 Å². The van der Waals surface area contributed by atoms with Gasteiger partial charge in [0, 0.05) is 0 Å². The minimum absolute atomic E-state index is 0.0962. The fourth-order valence-corrected chi connectivity index (χ4v) is 7.15. The van der Waals surface area contributed by atoms with E-state index < -0.39 is 69.1 Å². The number of aliphatic hydroxyl groups excluding tert-OH is 2. The number of hydrogen-bond acceptors (Lipinski definition) is 12. The molecule has 3 aliphatic carbocycles. The quantitative estimate of drug-likeness (QED) is 0.198. The number of methoxy groups -OCH3 is 2. The van der Waals surface area contributed by atoms with Crippen LogP contribution in [0.3, 0.4) is 0 Å². The monoisotopic (exact) mass is 615 g/mol. The third-order valence-electron chi connectivity index (χ3n) is 9.03. The van der Waals surface area contributed by atoms with E-state index in [9.17, 15) is 35.0 Å². The zero-order valence-corrected chi connectivity index (χ0v) is 25.0. The van der Waals surface area contributed by atoms with Gasteiger partial charge >= 0.3 is 0 Å². The third kappa shape index (κ3) is 4.14. The van der Waals surface area contributed by atoms with Crippen LogP contribution in [0.1, 0.15) is 28.7 Å². The van der Waals surface area contributed by atoms with Crippen molar-refractivity contribution in [2.75, 3.05) is 28.3 Å². The van der Waals surface area contributed by atoms with E-state index in [1.54, 1.807) is 42.5 Å². The first-order chi connectivity index (χ1) is 21.1. The summed E-state index contributed by atoms with van der Waals surface area (Å²) < 4.78 is 10.7. The number of ketones is 2. The van der Waals surface area contributed by atoms with Gasteiger partial charge in [0.25, 0.3) is 5.91 Å². The molecule has 13 heteroatoms. The lowest BCUT2D eigenvalue weighted by Crippen LogP contribution is -2.80. The lowest BCUT2D eigenvalue weighted by Gasteiger charge is -2.58. The number of hydrogen-bond donors (Lipinski definition) is 6. The molecule has 234 valence electrons. The van der Waals surface area contributed by atoms with E-state index >= 15 is 0 Å². The molecule has 0 aliphatic heterocycles. The van der Waals surface area contributed by atoms with E-state index in [-0.39, 0.29) is 17.7 Å². The second kappa shape index (κ2) is 10.5. The molecule has 1 saturated carbocycles. The van der Waals surface area contributed by atoms with E-state index in [0.717, 1.165) is 5.56 Å². The molecule has 1 amide bonds. The van der Waals surface area contributed by atoms with E-state index in [2.05, 4.69) is 0 Å². The molecule has 1 fully saturated rings. The van der Waals surface area contributed by atoms with Crippen molar-refractivity contribution in [1.82, 2.24) is 4.90 Å². The average molecular weight is 616 g/mol. The predicted octanol–water partition coefficient (Wildman–Crippen LogP) is 1.09. The maximum Gasteiger partial charge on any atom is 0.255 e. The summed E-state index contributed by atoms with van der Waals surface area (Å²) in [6, 6.07) is 8.50. The molecule has 9 N–H and O–H groups in total. The number of primary amides is 1. The first-order valence-electron chi connectivity index (χ1n) is 13.8. The lowest BCUT2D eigenvalue weighted by molar-refractivity contribution is -0.139. The molecule has 0 saturated heterocycles. The fourth-order valence-electron chi connectivity index (χ4n) is 7.15. The largest absolute Gasteiger partial charge is 0.509 e.